The summed E-state index contributed by atoms with van der Waals surface area (Å²) < 4.78 is 1.52. The van der Waals surface area contributed by atoms with Gasteiger partial charge in [-0.1, -0.05) is 19.4 Å². The molecule has 58 valence electrons. The summed E-state index contributed by atoms with van der Waals surface area (Å²) in [7, 11) is 0. The van der Waals surface area contributed by atoms with Gasteiger partial charge < -0.3 is 0 Å². The molecule has 0 aromatic carbocycles. The molecule has 0 bridgehead atoms. The predicted octanol–water partition coefficient (Wildman–Crippen LogP) is 3.81. The Morgan fingerprint density at radius 3 is 2.40 bits per heavy atom. The average Bonchev–Trinajstić information content (AvgIpc) is 2.13. The van der Waals surface area contributed by atoms with Gasteiger partial charge in [-0.15, -0.1) is 11.8 Å². The molecule has 1 aliphatic heterocycles. The van der Waals surface area contributed by atoms with E-state index in [1.807, 2.05) is 11.8 Å². The molecule has 0 nitrogen and oxygen atoms in total. The SMILES string of the molecule is CC1=C(I)SC(C(C)C)C1. The summed E-state index contributed by atoms with van der Waals surface area (Å²) in [6.07, 6.45) is 1.31. The van der Waals surface area contributed by atoms with Gasteiger partial charge in [0, 0.05) is 8.16 Å². The Morgan fingerprint density at radius 1 is 1.60 bits per heavy atom. The van der Waals surface area contributed by atoms with Gasteiger partial charge in [0.05, 0.1) is 0 Å². The van der Waals surface area contributed by atoms with Gasteiger partial charge in [-0.3, -0.25) is 0 Å². The van der Waals surface area contributed by atoms with E-state index in [9.17, 15) is 0 Å². The quantitative estimate of drug-likeness (QED) is 0.651. The molecule has 0 aromatic heterocycles. The molecule has 0 amide bonds. The highest BCUT2D eigenvalue weighted by atomic mass is 127. The fraction of sp³-hybridized carbons (Fsp3) is 0.750. The van der Waals surface area contributed by atoms with Crippen molar-refractivity contribution in [1.82, 2.24) is 0 Å². The lowest BCUT2D eigenvalue weighted by atomic mass is 10.0. The Morgan fingerprint density at radius 2 is 2.20 bits per heavy atom. The molecule has 1 rings (SSSR count). The lowest BCUT2D eigenvalue weighted by Gasteiger charge is -2.12. The van der Waals surface area contributed by atoms with Gasteiger partial charge in [-0.25, -0.2) is 0 Å². The zero-order chi connectivity index (χ0) is 7.72. The molecule has 1 heterocycles. The monoisotopic (exact) mass is 268 g/mol. The van der Waals surface area contributed by atoms with Crippen LogP contribution in [0.4, 0.5) is 0 Å². The Kier molecular flexibility index (Phi) is 3.10. The smallest absolute Gasteiger partial charge is 0.0450 e. The lowest BCUT2D eigenvalue weighted by Crippen LogP contribution is -2.06. The van der Waals surface area contributed by atoms with Gasteiger partial charge in [-0.2, -0.15) is 0 Å². The molecule has 0 radical (unpaired) electrons. The van der Waals surface area contributed by atoms with Gasteiger partial charge >= 0.3 is 0 Å². The third-order valence-corrected chi connectivity index (χ3v) is 5.09. The molecule has 0 fully saturated rings. The van der Waals surface area contributed by atoms with E-state index >= 15 is 0 Å². The van der Waals surface area contributed by atoms with E-state index in [-0.39, 0.29) is 0 Å². The second-order valence-corrected chi connectivity index (χ2v) is 6.22. The van der Waals surface area contributed by atoms with Crippen LogP contribution in [0.15, 0.2) is 8.48 Å². The molecule has 1 unspecified atom stereocenters. The second kappa shape index (κ2) is 3.48. The van der Waals surface area contributed by atoms with E-state index in [0.717, 1.165) is 11.2 Å². The standard InChI is InChI=1S/C8H13IS/c1-5(2)7-4-6(3)8(9)10-7/h5,7H,4H2,1-3H3. The zero-order valence-corrected chi connectivity index (χ0v) is 9.62. The van der Waals surface area contributed by atoms with Crippen LogP contribution in [0.5, 0.6) is 0 Å². The van der Waals surface area contributed by atoms with E-state index in [1.165, 1.54) is 9.33 Å². The molecular formula is C8H13IS. The zero-order valence-electron chi connectivity index (χ0n) is 6.65. The van der Waals surface area contributed by atoms with Gasteiger partial charge in [0.2, 0.25) is 0 Å². The number of hydrogen-bond acceptors (Lipinski definition) is 1. The second-order valence-electron chi connectivity index (χ2n) is 3.16. The van der Waals surface area contributed by atoms with Crippen LogP contribution in [0.1, 0.15) is 27.2 Å². The largest absolute Gasteiger partial charge is 0.116 e. The summed E-state index contributed by atoms with van der Waals surface area (Å²) in [6, 6.07) is 0. The maximum atomic E-state index is 2.45. The minimum Gasteiger partial charge on any atom is -0.116 e. The van der Waals surface area contributed by atoms with Gasteiger partial charge in [-0.05, 0) is 41.9 Å². The summed E-state index contributed by atoms with van der Waals surface area (Å²) in [6.45, 7) is 6.86. The Labute approximate surface area is 81.0 Å². The Hall–Kier alpha value is 0.820. The molecule has 0 saturated heterocycles. The molecule has 2 heteroatoms. The third-order valence-electron chi connectivity index (χ3n) is 1.84. The van der Waals surface area contributed by atoms with E-state index in [2.05, 4.69) is 43.4 Å². The first-order valence-corrected chi connectivity index (χ1v) is 5.59. The Bertz CT molecular complexity index is 147. The first kappa shape index (κ1) is 8.91. The van der Waals surface area contributed by atoms with Crippen molar-refractivity contribution in [2.75, 3.05) is 0 Å². The topological polar surface area (TPSA) is 0 Å². The average molecular weight is 268 g/mol. The van der Waals surface area contributed by atoms with Crippen LogP contribution in [0.25, 0.3) is 0 Å². The minimum atomic E-state index is 0.826. The fourth-order valence-electron chi connectivity index (χ4n) is 1.03. The van der Waals surface area contributed by atoms with Crippen LogP contribution in [0.2, 0.25) is 0 Å². The van der Waals surface area contributed by atoms with Gasteiger partial charge in [0.25, 0.3) is 0 Å². The molecule has 0 N–H and O–H groups in total. The van der Waals surface area contributed by atoms with Crippen LogP contribution < -0.4 is 0 Å². The van der Waals surface area contributed by atoms with Crippen molar-refractivity contribution in [2.45, 2.75) is 32.4 Å². The van der Waals surface area contributed by atoms with Crippen LogP contribution in [-0.4, -0.2) is 5.25 Å². The summed E-state index contributed by atoms with van der Waals surface area (Å²) in [5.41, 5.74) is 1.59. The summed E-state index contributed by atoms with van der Waals surface area (Å²) in [4.78, 5) is 0. The summed E-state index contributed by atoms with van der Waals surface area (Å²) in [5.74, 6) is 0.826. The molecule has 0 aliphatic carbocycles. The van der Waals surface area contributed by atoms with E-state index in [0.29, 0.717) is 0 Å². The summed E-state index contributed by atoms with van der Waals surface area (Å²) in [5, 5.41) is 0.854. The minimum absolute atomic E-state index is 0.826. The summed E-state index contributed by atoms with van der Waals surface area (Å²) >= 11 is 4.50. The molecular weight excluding hydrogens is 255 g/mol. The maximum absolute atomic E-state index is 2.45. The van der Waals surface area contributed by atoms with Crippen LogP contribution in [-0.2, 0) is 0 Å². The molecule has 1 aliphatic rings. The lowest BCUT2D eigenvalue weighted by molar-refractivity contribution is 0.609. The van der Waals surface area contributed by atoms with Crippen LogP contribution in [0, 0.1) is 5.92 Å². The van der Waals surface area contributed by atoms with Crippen LogP contribution >= 0.6 is 34.4 Å². The number of allylic oxidation sites excluding steroid dienone is 1. The van der Waals surface area contributed by atoms with Gasteiger partial charge in [0.15, 0.2) is 0 Å². The van der Waals surface area contributed by atoms with Crippen molar-refractivity contribution in [1.29, 1.82) is 0 Å². The number of hydrogen-bond donors (Lipinski definition) is 0. The van der Waals surface area contributed by atoms with Crippen molar-refractivity contribution in [2.24, 2.45) is 5.92 Å². The first-order chi connectivity index (χ1) is 4.61. The fourth-order valence-corrected chi connectivity index (χ4v) is 3.38. The number of thioether (sulfide) groups is 1. The highest BCUT2D eigenvalue weighted by Crippen LogP contribution is 2.44. The van der Waals surface area contributed by atoms with Crippen molar-refractivity contribution in [3.8, 4) is 0 Å². The molecule has 10 heavy (non-hydrogen) atoms. The van der Waals surface area contributed by atoms with Crippen LogP contribution in [0.3, 0.4) is 0 Å². The molecule has 1 atom stereocenters. The van der Waals surface area contributed by atoms with E-state index < -0.39 is 0 Å². The van der Waals surface area contributed by atoms with E-state index in [1.54, 1.807) is 5.57 Å². The van der Waals surface area contributed by atoms with Gasteiger partial charge in [0.1, 0.15) is 0 Å². The highest BCUT2D eigenvalue weighted by molar-refractivity contribution is 14.1. The maximum Gasteiger partial charge on any atom is 0.0450 e. The third kappa shape index (κ3) is 1.91. The highest BCUT2D eigenvalue weighted by Gasteiger charge is 2.22. The number of halogens is 1. The first-order valence-electron chi connectivity index (χ1n) is 3.63. The van der Waals surface area contributed by atoms with E-state index in [4.69, 9.17) is 0 Å². The normalized spacial score (nSPS) is 26.7. The van der Waals surface area contributed by atoms with Crippen molar-refractivity contribution in [3.63, 3.8) is 0 Å². The van der Waals surface area contributed by atoms with Crippen molar-refractivity contribution < 1.29 is 0 Å². The molecule has 0 aromatic rings. The predicted molar refractivity (Wildman–Crippen MR) is 57.6 cm³/mol. The molecule has 0 spiro atoms. The number of rotatable bonds is 1. The van der Waals surface area contributed by atoms with Crippen molar-refractivity contribution in [3.05, 3.63) is 8.48 Å². The Balaban J connectivity index is 2.51. The van der Waals surface area contributed by atoms with Crippen molar-refractivity contribution >= 4 is 34.4 Å². The molecule has 0 saturated carbocycles.